The lowest BCUT2D eigenvalue weighted by molar-refractivity contribution is -0.122. The van der Waals surface area contributed by atoms with Crippen LogP contribution in [0.1, 0.15) is 18.5 Å². The Morgan fingerprint density at radius 3 is 2.17 bits per heavy atom. The summed E-state index contributed by atoms with van der Waals surface area (Å²) in [6, 6.07) is 26.6. The second-order valence-corrected chi connectivity index (χ2v) is 6.92. The Kier molecular flexibility index (Phi) is 5.20. The average molecular weight is 383 g/mol. The fraction of sp³-hybridized carbons (Fsp3) is 0.125. The van der Waals surface area contributed by atoms with Crippen LogP contribution in [0.2, 0.25) is 0 Å². The van der Waals surface area contributed by atoms with Crippen molar-refractivity contribution >= 4 is 16.7 Å². The Morgan fingerprint density at radius 1 is 0.897 bits per heavy atom. The van der Waals surface area contributed by atoms with Crippen molar-refractivity contribution in [2.75, 3.05) is 0 Å². The number of hydrogen-bond donors (Lipinski definition) is 1. The molecule has 4 rings (SSSR count). The summed E-state index contributed by atoms with van der Waals surface area (Å²) in [4.78, 5) is 25.5. The van der Waals surface area contributed by atoms with E-state index in [1.165, 1.54) is 4.68 Å². The number of rotatable bonds is 5. The Balaban J connectivity index is 1.68. The molecule has 1 N–H and O–H groups in total. The molecule has 1 unspecified atom stereocenters. The summed E-state index contributed by atoms with van der Waals surface area (Å²) >= 11 is 0. The molecule has 0 saturated heterocycles. The van der Waals surface area contributed by atoms with Crippen LogP contribution in [-0.4, -0.2) is 15.7 Å². The van der Waals surface area contributed by atoms with E-state index in [0.717, 1.165) is 16.5 Å². The third-order valence-corrected chi connectivity index (χ3v) is 4.89. The predicted octanol–water partition coefficient (Wildman–Crippen LogP) is 3.94. The predicted molar refractivity (Wildman–Crippen MR) is 114 cm³/mol. The van der Waals surface area contributed by atoms with Crippen molar-refractivity contribution in [3.63, 3.8) is 0 Å². The molecule has 4 aromatic rings. The fourth-order valence-electron chi connectivity index (χ4n) is 3.40. The second kappa shape index (κ2) is 8.10. The zero-order chi connectivity index (χ0) is 20.2. The van der Waals surface area contributed by atoms with Crippen LogP contribution in [-0.2, 0) is 11.3 Å². The van der Waals surface area contributed by atoms with Crippen LogP contribution < -0.4 is 10.9 Å². The maximum atomic E-state index is 12.9. The highest BCUT2D eigenvalue weighted by Gasteiger charge is 2.15. The normalized spacial score (nSPS) is 11.9. The van der Waals surface area contributed by atoms with E-state index in [9.17, 15) is 9.59 Å². The summed E-state index contributed by atoms with van der Waals surface area (Å²) in [5.74, 6) is -0.259. The minimum atomic E-state index is -0.275. The number of fused-ring (bicyclic) bond motifs is 1. The molecule has 5 heteroatoms. The molecule has 0 aliphatic rings. The summed E-state index contributed by atoms with van der Waals surface area (Å²) in [6.45, 7) is 1.78. The molecule has 0 radical (unpaired) electrons. The highest BCUT2D eigenvalue weighted by molar-refractivity contribution is 5.93. The number of carbonyl (C=O) groups is 1. The first-order valence-corrected chi connectivity index (χ1v) is 9.53. The highest BCUT2D eigenvalue weighted by Crippen LogP contribution is 2.24. The molecule has 0 saturated carbocycles. The van der Waals surface area contributed by atoms with Gasteiger partial charge in [0.05, 0.1) is 17.1 Å². The standard InChI is InChI=1S/C24H21N3O2/c1-17(18-10-4-2-5-11-18)25-22(28)16-27-24(29)21-15-9-8-14-20(21)23(26-27)19-12-6-3-7-13-19/h2-15,17H,16H2,1H3,(H,25,28). The van der Waals surface area contributed by atoms with Crippen LogP contribution in [0.25, 0.3) is 22.0 Å². The van der Waals surface area contributed by atoms with Crippen molar-refractivity contribution in [3.8, 4) is 11.3 Å². The lowest BCUT2D eigenvalue weighted by atomic mass is 10.1. The topological polar surface area (TPSA) is 64.0 Å². The maximum absolute atomic E-state index is 12.9. The first kappa shape index (κ1) is 18.6. The van der Waals surface area contributed by atoms with Gasteiger partial charge in [0.25, 0.3) is 5.56 Å². The van der Waals surface area contributed by atoms with Gasteiger partial charge in [-0.05, 0) is 18.6 Å². The first-order chi connectivity index (χ1) is 14.1. The smallest absolute Gasteiger partial charge is 0.275 e. The molecule has 29 heavy (non-hydrogen) atoms. The van der Waals surface area contributed by atoms with E-state index in [2.05, 4.69) is 10.4 Å². The zero-order valence-corrected chi connectivity index (χ0v) is 16.1. The van der Waals surface area contributed by atoms with Crippen molar-refractivity contribution < 1.29 is 4.79 Å². The molecular formula is C24H21N3O2. The largest absolute Gasteiger partial charge is 0.348 e. The second-order valence-electron chi connectivity index (χ2n) is 6.92. The molecule has 0 aliphatic heterocycles. The van der Waals surface area contributed by atoms with Crippen LogP contribution in [0, 0.1) is 0 Å². The molecule has 0 aliphatic carbocycles. The number of nitrogens with one attached hydrogen (secondary N) is 1. The van der Waals surface area contributed by atoms with Gasteiger partial charge in [0.2, 0.25) is 5.91 Å². The fourth-order valence-corrected chi connectivity index (χ4v) is 3.40. The van der Waals surface area contributed by atoms with Gasteiger partial charge in [-0.3, -0.25) is 9.59 Å². The molecule has 3 aromatic carbocycles. The van der Waals surface area contributed by atoms with Gasteiger partial charge in [0.1, 0.15) is 6.54 Å². The van der Waals surface area contributed by atoms with E-state index in [4.69, 9.17) is 0 Å². The van der Waals surface area contributed by atoms with Crippen LogP contribution in [0.3, 0.4) is 0 Å². The van der Waals surface area contributed by atoms with E-state index < -0.39 is 0 Å². The molecule has 0 spiro atoms. The maximum Gasteiger partial charge on any atom is 0.275 e. The van der Waals surface area contributed by atoms with E-state index >= 15 is 0 Å². The summed E-state index contributed by atoms with van der Waals surface area (Å²) in [6.07, 6.45) is 0. The number of nitrogens with zero attached hydrogens (tertiary/aromatic N) is 2. The molecular weight excluding hydrogens is 362 g/mol. The van der Waals surface area contributed by atoms with Gasteiger partial charge in [-0.1, -0.05) is 78.9 Å². The summed E-state index contributed by atoms with van der Waals surface area (Å²) in [5, 5.41) is 8.80. The molecule has 144 valence electrons. The molecule has 5 nitrogen and oxygen atoms in total. The molecule has 1 amide bonds. The molecule has 0 fully saturated rings. The molecule has 1 heterocycles. The SMILES string of the molecule is CC(NC(=O)Cn1nc(-c2ccccc2)c2ccccc2c1=O)c1ccccc1. The lowest BCUT2D eigenvalue weighted by Crippen LogP contribution is -2.35. The Bertz CT molecular complexity index is 1200. The third kappa shape index (κ3) is 3.94. The van der Waals surface area contributed by atoms with Gasteiger partial charge in [0, 0.05) is 10.9 Å². The van der Waals surface area contributed by atoms with Gasteiger partial charge in [0.15, 0.2) is 0 Å². The Hall–Kier alpha value is -3.73. The first-order valence-electron chi connectivity index (χ1n) is 9.53. The van der Waals surface area contributed by atoms with Crippen LogP contribution in [0.15, 0.2) is 89.7 Å². The molecule has 1 atom stereocenters. The quantitative estimate of drug-likeness (QED) is 0.568. The van der Waals surface area contributed by atoms with Gasteiger partial charge in [-0.15, -0.1) is 0 Å². The minimum absolute atomic E-state index is 0.138. The molecule has 1 aromatic heterocycles. The summed E-state index contributed by atoms with van der Waals surface area (Å²) in [7, 11) is 0. The van der Waals surface area contributed by atoms with E-state index in [1.54, 1.807) is 6.07 Å². The number of carbonyl (C=O) groups excluding carboxylic acids is 1. The van der Waals surface area contributed by atoms with Crippen molar-refractivity contribution in [3.05, 3.63) is 101 Å². The van der Waals surface area contributed by atoms with Gasteiger partial charge in [-0.25, -0.2) is 4.68 Å². The zero-order valence-electron chi connectivity index (χ0n) is 16.1. The Morgan fingerprint density at radius 2 is 1.48 bits per heavy atom. The van der Waals surface area contributed by atoms with E-state index in [0.29, 0.717) is 11.1 Å². The number of amides is 1. The van der Waals surface area contributed by atoms with Crippen molar-refractivity contribution in [2.45, 2.75) is 19.5 Å². The average Bonchev–Trinajstić information content (AvgIpc) is 2.77. The van der Waals surface area contributed by atoms with Gasteiger partial charge >= 0.3 is 0 Å². The third-order valence-electron chi connectivity index (χ3n) is 4.89. The lowest BCUT2D eigenvalue weighted by Gasteiger charge is -2.15. The van der Waals surface area contributed by atoms with Gasteiger partial charge in [-0.2, -0.15) is 5.10 Å². The van der Waals surface area contributed by atoms with E-state index in [1.807, 2.05) is 85.8 Å². The van der Waals surface area contributed by atoms with Crippen LogP contribution in [0.4, 0.5) is 0 Å². The van der Waals surface area contributed by atoms with Crippen molar-refractivity contribution in [2.24, 2.45) is 0 Å². The molecule has 0 bridgehead atoms. The summed E-state index contributed by atoms with van der Waals surface area (Å²) in [5.41, 5.74) is 2.31. The minimum Gasteiger partial charge on any atom is -0.348 e. The monoisotopic (exact) mass is 383 g/mol. The Labute approximate surface area is 168 Å². The number of aromatic nitrogens is 2. The van der Waals surface area contributed by atoms with E-state index in [-0.39, 0.29) is 24.1 Å². The highest BCUT2D eigenvalue weighted by atomic mass is 16.2. The number of benzene rings is 3. The number of hydrogen-bond acceptors (Lipinski definition) is 3. The van der Waals surface area contributed by atoms with Crippen molar-refractivity contribution in [1.82, 2.24) is 15.1 Å². The van der Waals surface area contributed by atoms with Gasteiger partial charge < -0.3 is 5.32 Å². The summed E-state index contributed by atoms with van der Waals surface area (Å²) < 4.78 is 1.25. The van der Waals surface area contributed by atoms with Crippen molar-refractivity contribution in [1.29, 1.82) is 0 Å². The van der Waals surface area contributed by atoms with Crippen LogP contribution in [0.5, 0.6) is 0 Å². The van der Waals surface area contributed by atoms with Crippen LogP contribution >= 0.6 is 0 Å².